The van der Waals surface area contributed by atoms with Crippen LogP contribution in [0.3, 0.4) is 0 Å². The van der Waals surface area contributed by atoms with E-state index in [1.807, 2.05) is 41.1 Å². The van der Waals surface area contributed by atoms with Crippen molar-refractivity contribution in [3.63, 3.8) is 0 Å². The van der Waals surface area contributed by atoms with E-state index in [2.05, 4.69) is 29.2 Å². The molecule has 3 nitrogen and oxygen atoms in total. The van der Waals surface area contributed by atoms with Crippen LogP contribution in [-0.2, 0) is 11.3 Å². The maximum Gasteiger partial charge on any atom is 0.129 e. The van der Waals surface area contributed by atoms with E-state index in [4.69, 9.17) is 0 Å². The van der Waals surface area contributed by atoms with Crippen molar-refractivity contribution >= 4 is 6.29 Å². The molecule has 0 radical (unpaired) electrons. The van der Waals surface area contributed by atoms with Gasteiger partial charge in [-0.15, -0.1) is 0 Å². The van der Waals surface area contributed by atoms with E-state index in [0.717, 1.165) is 17.4 Å². The van der Waals surface area contributed by atoms with E-state index in [1.165, 1.54) is 5.56 Å². The van der Waals surface area contributed by atoms with Gasteiger partial charge in [0.2, 0.25) is 0 Å². The molecule has 3 rings (SSSR count). The summed E-state index contributed by atoms with van der Waals surface area (Å²) in [7, 11) is 0. The second-order valence-corrected chi connectivity index (χ2v) is 4.99. The first-order chi connectivity index (χ1) is 10.4. The number of aromatic nitrogens is 2. The van der Waals surface area contributed by atoms with Crippen LogP contribution in [0.2, 0.25) is 0 Å². The molecule has 0 bridgehead atoms. The lowest BCUT2D eigenvalue weighted by molar-refractivity contribution is -0.109. The van der Waals surface area contributed by atoms with Crippen LogP contribution >= 0.6 is 0 Å². The minimum Gasteiger partial charge on any atom is -0.336 e. The lowest BCUT2D eigenvalue weighted by atomic mass is 9.97. The summed E-state index contributed by atoms with van der Waals surface area (Å²) in [6.45, 7) is 0.619. The van der Waals surface area contributed by atoms with Gasteiger partial charge in [0.1, 0.15) is 6.29 Å². The summed E-state index contributed by atoms with van der Waals surface area (Å²) in [6, 6.07) is 18.4. The predicted molar refractivity (Wildman–Crippen MR) is 82.9 cm³/mol. The summed E-state index contributed by atoms with van der Waals surface area (Å²) >= 11 is 0. The third kappa shape index (κ3) is 3.08. The Morgan fingerprint density at radius 3 is 2.33 bits per heavy atom. The number of aldehydes is 1. The van der Waals surface area contributed by atoms with E-state index in [1.54, 1.807) is 12.5 Å². The van der Waals surface area contributed by atoms with Gasteiger partial charge in [0.25, 0.3) is 0 Å². The monoisotopic (exact) mass is 276 g/mol. The molecule has 0 fully saturated rings. The van der Waals surface area contributed by atoms with Crippen LogP contribution in [0.1, 0.15) is 11.5 Å². The second kappa shape index (κ2) is 6.18. The summed E-state index contributed by atoms with van der Waals surface area (Å²) < 4.78 is 1.92. The van der Waals surface area contributed by atoms with Crippen molar-refractivity contribution in [1.29, 1.82) is 0 Å². The summed E-state index contributed by atoms with van der Waals surface area (Å²) in [5, 5.41) is 0. The average molecular weight is 276 g/mol. The SMILES string of the molecule is O=CC(Cn1ccnc1)c1ccc(-c2ccccc2)cc1. The number of nitrogens with zero attached hydrogens (tertiary/aromatic N) is 2. The highest BCUT2D eigenvalue weighted by molar-refractivity contribution is 5.66. The van der Waals surface area contributed by atoms with Crippen LogP contribution in [0.15, 0.2) is 73.3 Å². The number of rotatable bonds is 5. The van der Waals surface area contributed by atoms with Gasteiger partial charge in [0.15, 0.2) is 0 Å². The molecule has 0 saturated carbocycles. The molecule has 0 saturated heterocycles. The van der Waals surface area contributed by atoms with Gasteiger partial charge < -0.3 is 9.36 Å². The fourth-order valence-corrected chi connectivity index (χ4v) is 2.40. The van der Waals surface area contributed by atoms with Gasteiger partial charge in [-0.2, -0.15) is 0 Å². The Morgan fingerprint density at radius 1 is 1.00 bits per heavy atom. The standard InChI is InChI=1S/C18H16N2O/c21-13-18(12-20-11-10-19-14-20)17-8-6-16(7-9-17)15-4-2-1-3-5-15/h1-11,13-14,18H,12H2. The summed E-state index contributed by atoms with van der Waals surface area (Å²) in [6.07, 6.45) is 6.32. The molecule has 3 heteroatoms. The molecule has 0 aliphatic carbocycles. The molecule has 1 aromatic heterocycles. The molecule has 1 unspecified atom stereocenters. The highest BCUT2D eigenvalue weighted by Crippen LogP contribution is 2.22. The van der Waals surface area contributed by atoms with Gasteiger partial charge >= 0.3 is 0 Å². The van der Waals surface area contributed by atoms with Crippen molar-refractivity contribution in [1.82, 2.24) is 9.55 Å². The number of benzene rings is 2. The second-order valence-electron chi connectivity index (χ2n) is 4.99. The fourth-order valence-electron chi connectivity index (χ4n) is 2.40. The minimum atomic E-state index is -0.149. The lowest BCUT2D eigenvalue weighted by Gasteiger charge is -2.12. The molecule has 0 spiro atoms. The number of carbonyl (C=O) groups excluding carboxylic acids is 1. The van der Waals surface area contributed by atoms with Gasteiger partial charge in [-0.1, -0.05) is 54.6 Å². The highest BCUT2D eigenvalue weighted by Gasteiger charge is 2.11. The first-order valence-corrected chi connectivity index (χ1v) is 6.93. The number of hydrogen-bond acceptors (Lipinski definition) is 2. The smallest absolute Gasteiger partial charge is 0.129 e. The van der Waals surface area contributed by atoms with Crippen LogP contribution in [-0.4, -0.2) is 15.8 Å². The normalized spacial score (nSPS) is 12.0. The molecule has 3 aromatic rings. The Balaban J connectivity index is 1.81. The first kappa shape index (κ1) is 13.3. The van der Waals surface area contributed by atoms with E-state index in [-0.39, 0.29) is 5.92 Å². The molecule has 0 aliphatic heterocycles. The Morgan fingerprint density at radius 2 is 1.71 bits per heavy atom. The number of carbonyl (C=O) groups is 1. The predicted octanol–water partition coefficient (Wildman–Crippen LogP) is 3.53. The minimum absolute atomic E-state index is 0.149. The Hall–Kier alpha value is -2.68. The van der Waals surface area contributed by atoms with Crippen LogP contribution in [0.5, 0.6) is 0 Å². The van der Waals surface area contributed by atoms with Crippen molar-refractivity contribution in [2.24, 2.45) is 0 Å². The van der Waals surface area contributed by atoms with Crippen molar-refractivity contribution < 1.29 is 4.79 Å². The van der Waals surface area contributed by atoms with E-state index in [9.17, 15) is 4.79 Å². The topological polar surface area (TPSA) is 34.9 Å². The van der Waals surface area contributed by atoms with Crippen molar-refractivity contribution in [2.75, 3.05) is 0 Å². The van der Waals surface area contributed by atoms with Crippen LogP contribution in [0, 0.1) is 0 Å². The molecule has 1 atom stereocenters. The van der Waals surface area contributed by atoms with E-state index < -0.39 is 0 Å². The molecule has 2 aromatic carbocycles. The summed E-state index contributed by atoms with van der Waals surface area (Å²) in [5.41, 5.74) is 3.37. The Labute approximate surface area is 123 Å². The van der Waals surface area contributed by atoms with E-state index in [0.29, 0.717) is 6.54 Å². The van der Waals surface area contributed by atoms with Gasteiger partial charge in [0, 0.05) is 18.9 Å². The molecule has 0 amide bonds. The maximum atomic E-state index is 11.4. The van der Waals surface area contributed by atoms with E-state index >= 15 is 0 Å². The third-order valence-electron chi connectivity index (χ3n) is 3.58. The fraction of sp³-hybridized carbons (Fsp3) is 0.111. The summed E-state index contributed by atoms with van der Waals surface area (Å²) in [5.74, 6) is -0.149. The number of imidazole rings is 1. The largest absolute Gasteiger partial charge is 0.336 e. The molecular formula is C18H16N2O. The Bertz CT molecular complexity index is 688. The third-order valence-corrected chi connectivity index (χ3v) is 3.58. The van der Waals surface area contributed by atoms with Gasteiger partial charge in [-0.3, -0.25) is 0 Å². The number of hydrogen-bond donors (Lipinski definition) is 0. The first-order valence-electron chi connectivity index (χ1n) is 6.93. The quantitative estimate of drug-likeness (QED) is 0.668. The highest BCUT2D eigenvalue weighted by atomic mass is 16.1. The van der Waals surface area contributed by atoms with Crippen molar-refractivity contribution in [2.45, 2.75) is 12.5 Å². The molecular weight excluding hydrogens is 260 g/mol. The van der Waals surface area contributed by atoms with Crippen LogP contribution in [0.25, 0.3) is 11.1 Å². The zero-order valence-electron chi connectivity index (χ0n) is 11.6. The van der Waals surface area contributed by atoms with Crippen molar-refractivity contribution in [3.8, 4) is 11.1 Å². The molecule has 0 N–H and O–H groups in total. The van der Waals surface area contributed by atoms with Gasteiger partial charge in [-0.25, -0.2) is 4.98 Å². The molecule has 0 aliphatic rings. The molecule has 21 heavy (non-hydrogen) atoms. The molecule has 104 valence electrons. The lowest BCUT2D eigenvalue weighted by Crippen LogP contribution is -2.09. The average Bonchev–Trinajstić information content (AvgIpc) is 3.07. The van der Waals surface area contributed by atoms with Crippen LogP contribution < -0.4 is 0 Å². The van der Waals surface area contributed by atoms with Crippen LogP contribution in [0.4, 0.5) is 0 Å². The zero-order valence-corrected chi connectivity index (χ0v) is 11.6. The molecule has 1 heterocycles. The summed E-state index contributed by atoms with van der Waals surface area (Å²) in [4.78, 5) is 15.4. The Kier molecular flexibility index (Phi) is 3.92. The maximum absolute atomic E-state index is 11.4. The van der Waals surface area contributed by atoms with Crippen molar-refractivity contribution in [3.05, 3.63) is 78.9 Å². The van der Waals surface area contributed by atoms with Gasteiger partial charge in [-0.05, 0) is 16.7 Å². The van der Waals surface area contributed by atoms with Gasteiger partial charge in [0.05, 0.1) is 12.2 Å². The zero-order chi connectivity index (χ0) is 14.5.